The van der Waals surface area contributed by atoms with Gasteiger partial charge in [-0.3, -0.25) is 4.79 Å². The number of amides is 1. The monoisotopic (exact) mass is 372 g/mol. The van der Waals surface area contributed by atoms with E-state index in [1.807, 2.05) is 29.0 Å². The minimum absolute atomic E-state index is 0. The molecule has 3 rings (SSSR count). The number of ether oxygens (including phenoxy) is 1. The first-order valence-corrected chi connectivity index (χ1v) is 7.45. The van der Waals surface area contributed by atoms with Crippen molar-refractivity contribution in [2.75, 3.05) is 19.7 Å². The lowest BCUT2D eigenvalue weighted by atomic mass is 10.1. The second kappa shape index (κ2) is 10.3. The molecule has 0 radical (unpaired) electrons. The van der Waals surface area contributed by atoms with Crippen LogP contribution in [-0.4, -0.2) is 41.3 Å². The standard InChI is InChI=1S/C16H20N4O2.2ClH/c21-16(15-10-17-6-8-22-15)19-9-13-3-1-2-4-14(13)11-20-7-5-18-12-20;;/h1-5,7,12,15,17H,6,8-11H2,(H,19,21);2*1H. The summed E-state index contributed by atoms with van der Waals surface area (Å²) in [4.78, 5) is 16.2. The number of imidazole rings is 1. The third kappa shape index (κ3) is 5.49. The number of rotatable bonds is 5. The normalized spacial score (nSPS) is 16.6. The summed E-state index contributed by atoms with van der Waals surface area (Å²) in [6.45, 7) is 3.20. The average molecular weight is 373 g/mol. The Hall–Kier alpha value is -1.60. The molecule has 1 saturated heterocycles. The van der Waals surface area contributed by atoms with Gasteiger partial charge in [-0.05, 0) is 11.1 Å². The molecule has 1 aliphatic rings. The van der Waals surface area contributed by atoms with Crippen LogP contribution >= 0.6 is 24.8 Å². The van der Waals surface area contributed by atoms with Gasteiger partial charge in [0.05, 0.1) is 12.9 Å². The molecule has 1 aromatic carbocycles. The molecule has 6 nitrogen and oxygen atoms in total. The Morgan fingerprint density at radius 2 is 2.12 bits per heavy atom. The number of halogens is 2. The van der Waals surface area contributed by atoms with E-state index in [-0.39, 0.29) is 30.7 Å². The molecular formula is C16H22Cl2N4O2. The highest BCUT2D eigenvalue weighted by Gasteiger charge is 2.21. The van der Waals surface area contributed by atoms with Gasteiger partial charge >= 0.3 is 0 Å². The van der Waals surface area contributed by atoms with Crippen LogP contribution in [0.5, 0.6) is 0 Å². The fourth-order valence-electron chi connectivity index (χ4n) is 2.49. The number of hydrogen-bond acceptors (Lipinski definition) is 4. The Kier molecular flexibility index (Phi) is 8.78. The highest BCUT2D eigenvalue weighted by molar-refractivity contribution is 5.85. The number of nitrogens with zero attached hydrogens (tertiary/aromatic N) is 2. The number of aromatic nitrogens is 2. The highest BCUT2D eigenvalue weighted by atomic mass is 35.5. The van der Waals surface area contributed by atoms with Gasteiger partial charge in [0.15, 0.2) is 0 Å². The molecule has 0 spiro atoms. The predicted octanol–water partition coefficient (Wildman–Crippen LogP) is 1.38. The fourth-order valence-corrected chi connectivity index (χ4v) is 2.49. The van der Waals surface area contributed by atoms with Crippen LogP contribution in [-0.2, 0) is 22.6 Å². The number of morpholine rings is 1. The van der Waals surface area contributed by atoms with E-state index < -0.39 is 6.10 Å². The summed E-state index contributed by atoms with van der Waals surface area (Å²) >= 11 is 0. The van der Waals surface area contributed by atoms with Crippen LogP contribution in [0.3, 0.4) is 0 Å². The molecular weight excluding hydrogens is 351 g/mol. The predicted molar refractivity (Wildman–Crippen MR) is 96.7 cm³/mol. The van der Waals surface area contributed by atoms with E-state index in [0.29, 0.717) is 19.7 Å². The molecule has 1 aromatic heterocycles. The van der Waals surface area contributed by atoms with Crippen LogP contribution in [0.4, 0.5) is 0 Å². The van der Waals surface area contributed by atoms with Crippen LogP contribution in [0, 0.1) is 0 Å². The smallest absolute Gasteiger partial charge is 0.250 e. The van der Waals surface area contributed by atoms with E-state index in [0.717, 1.165) is 18.7 Å². The second-order valence-electron chi connectivity index (χ2n) is 5.29. The van der Waals surface area contributed by atoms with Gasteiger partial charge in [0.1, 0.15) is 6.10 Å². The Balaban J connectivity index is 0.00000144. The maximum absolute atomic E-state index is 12.1. The molecule has 1 amide bonds. The molecule has 132 valence electrons. The molecule has 1 unspecified atom stereocenters. The molecule has 24 heavy (non-hydrogen) atoms. The summed E-state index contributed by atoms with van der Waals surface area (Å²) < 4.78 is 7.47. The Morgan fingerprint density at radius 3 is 2.79 bits per heavy atom. The van der Waals surface area contributed by atoms with E-state index in [1.54, 1.807) is 12.5 Å². The van der Waals surface area contributed by atoms with Crippen molar-refractivity contribution in [1.29, 1.82) is 0 Å². The molecule has 2 heterocycles. The molecule has 1 aliphatic heterocycles. The quantitative estimate of drug-likeness (QED) is 0.831. The zero-order valence-corrected chi connectivity index (χ0v) is 14.8. The van der Waals surface area contributed by atoms with E-state index in [2.05, 4.69) is 21.7 Å². The third-order valence-corrected chi connectivity index (χ3v) is 3.70. The SMILES string of the molecule is Cl.Cl.O=C(NCc1ccccc1Cn1ccnc1)C1CNCCO1. The summed E-state index contributed by atoms with van der Waals surface area (Å²) in [5.74, 6) is -0.0652. The van der Waals surface area contributed by atoms with Gasteiger partial charge < -0.3 is 19.9 Å². The highest BCUT2D eigenvalue weighted by Crippen LogP contribution is 2.11. The number of benzene rings is 1. The largest absolute Gasteiger partial charge is 0.366 e. The summed E-state index contributed by atoms with van der Waals surface area (Å²) in [5.41, 5.74) is 2.27. The van der Waals surface area contributed by atoms with Gasteiger partial charge in [0.2, 0.25) is 0 Å². The van der Waals surface area contributed by atoms with Crippen LogP contribution < -0.4 is 10.6 Å². The van der Waals surface area contributed by atoms with E-state index in [4.69, 9.17) is 4.74 Å². The van der Waals surface area contributed by atoms with Gasteiger partial charge in [-0.2, -0.15) is 0 Å². The summed E-state index contributed by atoms with van der Waals surface area (Å²) in [5, 5.41) is 6.12. The Bertz CT molecular complexity index is 616. The molecule has 2 N–H and O–H groups in total. The maximum Gasteiger partial charge on any atom is 0.250 e. The van der Waals surface area contributed by atoms with Gasteiger partial charge in [-0.25, -0.2) is 4.98 Å². The summed E-state index contributed by atoms with van der Waals surface area (Å²) in [7, 11) is 0. The average Bonchev–Trinajstić information content (AvgIpc) is 3.07. The lowest BCUT2D eigenvalue weighted by Crippen LogP contribution is -2.47. The van der Waals surface area contributed by atoms with Crippen LogP contribution in [0.1, 0.15) is 11.1 Å². The second-order valence-corrected chi connectivity index (χ2v) is 5.29. The number of nitrogens with one attached hydrogen (secondary N) is 2. The van der Waals surface area contributed by atoms with Crippen LogP contribution in [0.2, 0.25) is 0 Å². The van der Waals surface area contributed by atoms with Gasteiger partial charge in [0, 0.05) is 38.6 Å². The molecule has 0 saturated carbocycles. The maximum atomic E-state index is 12.1. The summed E-state index contributed by atoms with van der Waals surface area (Å²) in [6, 6.07) is 8.09. The number of carbonyl (C=O) groups excluding carboxylic acids is 1. The van der Waals surface area contributed by atoms with Crippen LogP contribution in [0.25, 0.3) is 0 Å². The van der Waals surface area contributed by atoms with Crippen molar-refractivity contribution in [3.8, 4) is 0 Å². The van der Waals surface area contributed by atoms with Crippen molar-refractivity contribution in [3.63, 3.8) is 0 Å². The third-order valence-electron chi connectivity index (χ3n) is 3.70. The minimum Gasteiger partial charge on any atom is -0.366 e. The van der Waals surface area contributed by atoms with Gasteiger partial charge in [-0.15, -0.1) is 24.8 Å². The molecule has 8 heteroatoms. The molecule has 2 aromatic rings. The van der Waals surface area contributed by atoms with Crippen molar-refractivity contribution in [1.82, 2.24) is 20.2 Å². The van der Waals surface area contributed by atoms with E-state index in [1.165, 1.54) is 5.56 Å². The molecule has 0 bridgehead atoms. The first-order chi connectivity index (χ1) is 10.8. The van der Waals surface area contributed by atoms with Gasteiger partial charge in [0.25, 0.3) is 5.91 Å². The lowest BCUT2D eigenvalue weighted by Gasteiger charge is -2.23. The number of carbonyl (C=O) groups is 1. The minimum atomic E-state index is -0.394. The lowest BCUT2D eigenvalue weighted by molar-refractivity contribution is -0.134. The molecule has 1 atom stereocenters. The van der Waals surface area contributed by atoms with Crippen molar-refractivity contribution >= 4 is 30.7 Å². The van der Waals surface area contributed by atoms with Crippen molar-refractivity contribution < 1.29 is 9.53 Å². The topological polar surface area (TPSA) is 68.2 Å². The van der Waals surface area contributed by atoms with Crippen LogP contribution in [0.15, 0.2) is 43.0 Å². The first-order valence-electron chi connectivity index (χ1n) is 7.45. The van der Waals surface area contributed by atoms with Gasteiger partial charge in [-0.1, -0.05) is 24.3 Å². The first kappa shape index (κ1) is 20.4. The Labute approximate surface area is 153 Å². The van der Waals surface area contributed by atoms with E-state index in [9.17, 15) is 4.79 Å². The Morgan fingerprint density at radius 1 is 1.33 bits per heavy atom. The zero-order valence-electron chi connectivity index (χ0n) is 13.2. The zero-order chi connectivity index (χ0) is 15.2. The molecule has 1 fully saturated rings. The number of hydrogen-bond donors (Lipinski definition) is 2. The van der Waals surface area contributed by atoms with E-state index >= 15 is 0 Å². The van der Waals surface area contributed by atoms with Crippen molar-refractivity contribution in [2.45, 2.75) is 19.2 Å². The summed E-state index contributed by atoms with van der Waals surface area (Å²) in [6.07, 6.45) is 5.08. The van der Waals surface area contributed by atoms with Crippen molar-refractivity contribution in [3.05, 3.63) is 54.1 Å². The van der Waals surface area contributed by atoms with Crippen molar-refractivity contribution in [2.24, 2.45) is 0 Å². The molecule has 0 aliphatic carbocycles. The fraction of sp³-hybridized carbons (Fsp3) is 0.375.